The molecule has 0 radical (unpaired) electrons. The van der Waals surface area contributed by atoms with E-state index in [0.29, 0.717) is 13.1 Å². The van der Waals surface area contributed by atoms with E-state index < -0.39 is 46.8 Å². The number of hydrogen-bond donors (Lipinski definition) is 5. The summed E-state index contributed by atoms with van der Waals surface area (Å²) < 4.78 is 6.16. The molecule has 5 N–H and O–H groups in total. The molecule has 0 spiro atoms. The molecule has 0 aromatic heterocycles. The standard InChI is InChI=1S/C28H20N2O6/c1-13(31)28-20-6-4-2-3-5-7-27(28,35)26(36-28)18-10-19(32)21-22(23(18)30-20)25(34)17-9-15-12-29-11-14(15)8-16(17)24(21)33/h2-3,8-10,13,20,26,29-32,35H,11-12H2,1H3/b3-2-/t13-,20+,26-,27+,28+/m1/s1. The Morgan fingerprint density at radius 1 is 1.06 bits per heavy atom. The first kappa shape index (κ1) is 21.4. The Morgan fingerprint density at radius 3 is 2.42 bits per heavy atom. The number of phenolic OH excluding ortho intramolecular Hbond substituents is 1. The molecule has 0 amide bonds. The Hall–Kier alpha value is -3.92. The molecule has 0 unspecified atom stereocenters. The fraction of sp³-hybridized carbons (Fsp3) is 0.286. The van der Waals surface area contributed by atoms with Gasteiger partial charge in [0.1, 0.15) is 17.9 Å². The number of carbonyl (C=O) groups excluding carboxylic acids is 2. The summed E-state index contributed by atoms with van der Waals surface area (Å²) in [4.78, 5) is 27.5. The van der Waals surface area contributed by atoms with Gasteiger partial charge in [0.05, 0.1) is 22.9 Å². The molecule has 4 aliphatic heterocycles. The quantitative estimate of drug-likeness (QED) is 0.259. The topological polar surface area (TPSA) is 128 Å². The van der Waals surface area contributed by atoms with Crippen molar-refractivity contribution >= 4 is 17.3 Å². The number of benzene rings is 2. The van der Waals surface area contributed by atoms with E-state index in [0.717, 1.165) is 11.1 Å². The summed E-state index contributed by atoms with van der Waals surface area (Å²) in [7, 11) is 0. The third kappa shape index (κ3) is 2.35. The summed E-state index contributed by atoms with van der Waals surface area (Å²) >= 11 is 0. The van der Waals surface area contributed by atoms with Gasteiger partial charge in [0.15, 0.2) is 22.8 Å². The lowest BCUT2D eigenvalue weighted by Crippen LogP contribution is -2.78. The number of aromatic hydroxyl groups is 1. The number of hydrogen-bond acceptors (Lipinski definition) is 8. The van der Waals surface area contributed by atoms with E-state index in [1.165, 1.54) is 25.1 Å². The maximum atomic E-state index is 13.9. The predicted molar refractivity (Wildman–Crippen MR) is 127 cm³/mol. The fourth-order valence-electron chi connectivity index (χ4n) is 6.18. The van der Waals surface area contributed by atoms with Crippen molar-refractivity contribution in [3.63, 3.8) is 0 Å². The highest BCUT2D eigenvalue weighted by atomic mass is 16.6. The summed E-state index contributed by atoms with van der Waals surface area (Å²) in [6.45, 7) is 2.67. The molecule has 1 fully saturated rings. The zero-order valence-electron chi connectivity index (χ0n) is 19.1. The van der Waals surface area contributed by atoms with Crippen LogP contribution in [0.15, 0.2) is 30.4 Å². The highest BCUT2D eigenvalue weighted by molar-refractivity contribution is 6.31. The van der Waals surface area contributed by atoms with E-state index in [9.17, 15) is 24.9 Å². The summed E-state index contributed by atoms with van der Waals surface area (Å²) in [5.74, 6) is 10.1. The molecular formula is C28H20N2O6. The Balaban J connectivity index is 1.50. The molecule has 6 aliphatic rings. The summed E-state index contributed by atoms with van der Waals surface area (Å²) in [6, 6.07) is 3.79. The minimum atomic E-state index is -1.89. The molecule has 4 bridgehead atoms. The maximum Gasteiger partial charge on any atom is 0.198 e. The summed E-state index contributed by atoms with van der Waals surface area (Å²) in [5, 5.41) is 40.1. The maximum absolute atomic E-state index is 13.9. The van der Waals surface area contributed by atoms with Crippen molar-refractivity contribution in [2.45, 2.75) is 49.5 Å². The van der Waals surface area contributed by atoms with E-state index >= 15 is 0 Å². The van der Waals surface area contributed by atoms with Crippen molar-refractivity contribution in [2.24, 2.45) is 0 Å². The SMILES string of the molecule is C[C@@H](O)[C@]12O[C@@H]3c4cc(O)c5c(c4N[C@H]1C#C/C=C\C#C[C@]32O)C(=O)c1cc2c(cc1C5=O)CNC2. The van der Waals surface area contributed by atoms with Gasteiger partial charge in [-0.1, -0.05) is 23.7 Å². The van der Waals surface area contributed by atoms with Crippen LogP contribution < -0.4 is 10.6 Å². The molecule has 4 heterocycles. The number of anilines is 1. The fourth-order valence-corrected chi connectivity index (χ4v) is 6.18. The number of carbonyl (C=O) groups is 2. The third-order valence-electron chi connectivity index (χ3n) is 7.90. The van der Waals surface area contributed by atoms with Crippen molar-refractivity contribution in [1.29, 1.82) is 0 Å². The van der Waals surface area contributed by atoms with Crippen LogP contribution in [0, 0.1) is 23.7 Å². The van der Waals surface area contributed by atoms with E-state index in [4.69, 9.17) is 4.74 Å². The Labute approximate surface area is 206 Å². The molecular weight excluding hydrogens is 460 g/mol. The van der Waals surface area contributed by atoms with Gasteiger partial charge in [0, 0.05) is 29.8 Å². The van der Waals surface area contributed by atoms with Crippen LogP contribution in [0.5, 0.6) is 5.75 Å². The minimum absolute atomic E-state index is 0.00000898. The number of phenols is 1. The number of ether oxygens (including phenoxy) is 1. The van der Waals surface area contributed by atoms with Gasteiger partial charge in [-0.15, -0.1) is 0 Å². The van der Waals surface area contributed by atoms with Crippen LogP contribution in [0.25, 0.3) is 0 Å². The normalized spacial score (nSPS) is 31.5. The Kier molecular flexibility index (Phi) is 4.07. The van der Waals surface area contributed by atoms with Crippen LogP contribution in [0.2, 0.25) is 0 Å². The number of rotatable bonds is 1. The second-order valence-corrected chi connectivity index (χ2v) is 9.74. The zero-order chi connectivity index (χ0) is 25.0. The molecule has 8 rings (SSSR count). The average Bonchev–Trinajstić information content (AvgIpc) is 3.22. The smallest absolute Gasteiger partial charge is 0.198 e. The molecule has 2 aromatic carbocycles. The molecule has 5 atom stereocenters. The number of aliphatic hydroxyl groups is 2. The largest absolute Gasteiger partial charge is 0.507 e. The van der Waals surface area contributed by atoms with Gasteiger partial charge in [-0.25, -0.2) is 0 Å². The molecule has 2 aromatic rings. The highest BCUT2D eigenvalue weighted by Crippen LogP contribution is 2.60. The van der Waals surface area contributed by atoms with Crippen molar-refractivity contribution in [2.75, 3.05) is 5.32 Å². The first-order chi connectivity index (χ1) is 17.3. The number of ketones is 2. The number of nitrogens with one attached hydrogen (secondary N) is 2. The minimum Gasteiger partial charge on any atom is -0.507 e. The lowest BCUT2D eigenvalue weighted by Gasteiger charge is -2.59. The second-order valence-electron chi connectivity index (χ2n) is 9.74. The van der Waals surface area contributed by atoms with E-state index in [1.54, 1.807) is 12.1 Å². The monoisotopic (exact) mass is 480 g/mol. The van der Waals surface area contributed by atoms with E-state index in [2.05, 4.69) is 34.3 Å². The van der Waals surface area contributed by atoms with Crippen molar-refractivity contribution in [1.82, 2.24) is 5.32 Å². The molecule has 8 nitrogen and oxygen atoms in total. The second kappa shape index (κ2) is 6.85. The zero-order valence-corrected chi connectivity index (χ0v) is 19.1. The molecule has 2 aliphatic carbocycles. The van der Waals surface area contributed by atoms with Crippen LogP contribution in [-0.2, 0) is 17.8 Å². The summed E-state index contributed by atoms with van der Waals surface area (Å²) in [6.07, 6.45) is 0.707. The number of aliphatic hydroxyl groups excluding tert-OH is 1. The lowest BCUT2D eigenvalue weighted by molar-refractivity contribution is -0.354. The molecule has 178 valence electrons. The van der Waals surface area contributed by atoms with Gasteiger partial charge >= 0.3 is 0 Å². The molecule has 36 heavy (non-hydrogen) atoms. The number of allylic oxidation sites excluding steroid dienone is 2. The van der Waals surface area contributed by atoms with Gasteiger partial charge in [-0.2, -0.15) is 0 Å². The van der Waals surface area contributed by atoms with Crippen LogP contribution in [-0.4, -0.2) is 50.2 Å². The van der Waals surface area contributed by atoms with Crippen LogP contribution in [0.4, 0.5) is 5.69 Å². The lowest BCUT2D eigenvalue weighted by atomic mass is 9.65. The van der Waals surface area contributed by atoms with E-state index in [-0.39, 0.29) is 33.5 Å². The third-order valence-corrected chi connectivity index (χ3v) is 7.90. The summed E-state index contributed by atoms with van der Waals surface area (Å²) in [5.41, 5.74) is -0.744. The van der Waals surface area contributed by atoms with Crippen LogP contribution in [0.1, 0.15) is 61.6 Å². The Bertz CT molecular complexity index is 1600. The van der Waals surface area contributed by atoms with Crippen molar-refractivity contribution in [3.05, 3.63) is 69.3 Å². The van der Waals surface area contributed by atoms with Gasteiger partial charge in [-0.05, 0) is 48.4 Å². The van der Waals surface area contributed by atoms with E-state index in [1.807, 2.05) is 0 Å². The average molecular weight is 480 g/mol. The number of fused-ring (bicyclic) bond motifs is 3. The molecule has 1 saturated heterocycles. The Morgan fingerprint density at radius 2 is 1.72 bits per heavy atom. The molecule has 8 heteroatoms. The first-order valence-corrected chi connectivity index (χ1v) is 11.7. The predicted octanol–water partition coefficient (Wildman–Crippen LogP) is 1.06. The van der Waals surface area contributed by atoms with Crippen LogP contribution >= 0.6 is 0 Å². The van der Waals surface area contributed by atoms with Gasteiger partial charge in [0.25, 0.3) is 0 Å². The van der Waals surface area contributed by atoms with Gasteiger partial charge in [0.2, 0.25) is 0 Å². The van der Waals surface area contributed by atoms with Crippen molar-refractivity contribution in [3.8, 4) is 29.4 Å². The van der Waals surface area contributed by atoms with Crippen molar-refractivity contribution < 1.29 is 29.6 Å². The molecule has 0 saturated carbocycles. The van der Waals surface area contributed by atoms with Gasteiger partial charge < -0.3 is 30.7 Å². The first-order valence-electron chi connectivity index (χ1n) is 11.7. The van der Waals surface area contributed by atoms with Crippen LogP contribution in [0.3, 0.4) is 0 Å². The van der Waals surface area contributed by atoms with Gasteiger partial charge in [-0.3, -0.25) is 9.59 Å². The highest BCUT2D eigenvalue weighted by Gasteiger charge is 2.74.